The molecule has 0 saturated carbocycles. The number of hydrogen-bond acceptors (Lipinski definition) is 9. The van der Waals surface area contributed by atoms with E-state index < -0.39 is 11.9 Å². The third kappa shape index (κ3) is 4.19. The lowest BCUT2D eigenvalue weighted by Crippen LogP contribution is -1.99. The van der Waals surface area contributed by atoms with Crippen LogP contribution in [-0.4, -0.2) is 50.7 Å². The van der Waals surface area contributed by atoms with Crippen molar-refractivity contribution >= 4 is 17.9 Å². The Morgan fingerprint density at radius 2 is 1.67 bits per heavy atom. The van der Waals surface area contributed by atoms with Crippen LogP contribution in [0.3, 0.4) is 0 Å². The van der Waals surface area contributed by atoms with Gasteiger partial charge in [-0.1, -0.05) is 0 Å². The van der Waals surface area contributed by atoms with E-state index in [0.29, 0.717) is 34.1 Å². The minimum Gasteiger partial charge on any atom is -0.493 e. The van der Waals surface area contributed by atoms with Gasteiger partial charge in [0.2, 0.25) is 11.6 Å². The Bertz CT molecular complexity index is 1050. The lowest BCUT2D eigenvalue weighted by molar-refractivity contribution is 0.0600. The van der Waals surface area contributed by atoms with Crippen molar-refractivity contribution in [3.8, 4) is 34.6 Å². The number of carbonyl (C=O) groups is 1. The minimum atomic E-state index is -0.435. The van der Waals surface area contributed by atoms with Gasteiger partial charge in [0.05, 0.1) is 45.9 Å². The van der Waals surface area contributed by atoms with Crippen molar-refractivity contribution < 1.29 is 33.3 Å². The third-order valence-electron chi connectivity index (χ3n) is 4.17. The molecule has 1 N–H and O–H groups in total. The molecular weight excluding hydrogens is 392 g/mol. The number of nitrogens with zero attached hydrogens (tertiary/aromatic N) is 2. The van der Waals surface area contributed by atoms with Crippen molar-refractivity contribution in [1.82, 2.24) is 4.98 Å². The van der Waals surface area contributed by atoms with Crippen LogP contribution in [0.2, 0.25) is 0 Å². The van der Waals surface area contributed by atoms with Crippen molar-refractivity contribution in [1.29, 1.82) is 0 Å². The summed E-state index contributed by atoms with van der Waals surface area (Å²) >= 11 is 0. The maximum Gasteiger partial charge on any atom is 0.337 e. The van der Waals surface area contributed by atoms with Crippen molar-refractivity contribution in [2.24, 2.45) is 4.99 Å². The van der Waals surface area contributed by atoms with Crippen LogP contribution in [0.25, 0.3) is 11.5 Å². The van der Waals surface area contributed by atoms with Gasteiger partial charge in [0.1, 0.15) is 0 Å². The summed E-state index contributed by atoms with van der Waals surface area (Å²) in [6.45, 7) is 0. The molecule has 0 amide bonds. The average Bonchev–Trinajstić information content (AvgIpc) is 3.16. The molecule has 0 aliphatic carbocycles. The van der Waals surface area contributed by atoms with Gasteiger partial charge in [0.15, 0.2) is 17.2 Å². The number of aromatic hydroxyl groups is 1. The fourth-order valence-corrected chi connectivity index (χ4v) is 2.67. The molecule has 0 aliphatic rings. The maximum absolute atomic E-state index is 11.5. The number of benzene rings is 2. The Hall–Kier alpha value is -4.01. The van der Waals surface area contributed by atoms with Gasteiger partial charge in [-0.2, -0.15) is 0 Å². The van der Waals surface area contributed by atoms with Gasteiger partial charge < -0.3 is 28.5 Å². The molecule has 0 radical (unpaired) electrons. The van der Waals surface area contributed by atoms with Gasteiger partial charge in [0, 0.05) is 5.56 Å². The molecule has 1 aromatic heterocycles. The molecule has 1 heterocycles. The minimum absolute atomic E-state index is 0.135. The lowest BCUT2D eigenvalue weighted by Gasteiger charge is -2.12. The first-order valence-electron chi connectivity index (χ1n) is 8.73. The molecule has 0 atom stereocenters. The normalized spacial score (nSPS) is 10.8. The van der Waals surface area contributed by atoms with Gasteiger partial charge in [-0.3, -0.25) is 4.99 Å². The Labute approximate surface area is 172 Å². The zero-order valence-corrected chi connectivity index (χ0v) is 16.8. The highest BCUT2D eigenvalue weighted by Crippen LogP contribution is 2.41. The molecule has 9 heteroatoms. The van der Waals surface area contributed by atoms with E-state index in [9.17, 15) is 9.90 Å². The van der Waals surface area contributed by atoms with E-state index in [0.717, 1.165) is 0 Å². The Morgan fingerprint density at radius 3 is 2.20 bits per heavy atom. The predicted octanol–water partition coefficient (Wildman–Crippen LogP) is 3.61. The number of esters is 1. The first kappa shape index (κ1) is 20.7. The van der Waals surface area contributed by atoms with E-state index in [1.807, 2.05) is 0 Å². The molecule has 30 heavy (non-hydrogen) atoms. The second-order valence-electron chi connectivity index (χ2n) is 5.92. The Morgan fingerprint density at radius 1 is 1.03 bits per heavy atom. The number of ether oxygens (including phenoxy) is 4. The maximum atomic E-state index is 11.5. The number of methoxy groups -OCH3 is 4. The van der Waals surface area contributed by atoms with Crippen LogP contribution in [0.4, 0.5) is 5.69 Å². The van der Waals surface area contributed by atoms with E-state index in [-0.39, 0.29) is 11.6 Å². The molecule has 0 spiro atoms. The first-order chi connectivity index (χ1) is 14.5. The van der Waals surface area contributed by atoms with Crippen molar-refractivity contribution in [2.45, 2.75) is 0 Å². The SMILES string of the molecule is COC(=O)c1ccc(N=Cc2nc(-c3cc(OC)c(OC)c(OC)c3)oc2O)cc1. The number of carbonyl (C=O) groups excluding carboxylic acids is 1. The number of oxazole rings is 1. The topological polar surface area (TPSA) is 113 Å². The molecule has 3 aromatic rings. The predicted molar refractivity (Wildman–Crippen MR) is 108 cm³/mol. The van der Waals surface area contributed by atoms with Crippen molar-refractivity contribution in [3.63, 3.8) is 0 Å². The Kier molecular flexibility index (Phi) is 6.21. The number of rotatable bonds is 7. The number of hydrogen-bond donors (Lipinski definition) is 1. The molecular formula is C21H20N2O7. The first-order valence-corrected chi connectivity index (χ1v) is 8.73. The van der Waals surface area contributed by atoms with E-state index in [1.54, 1.807) is 36.4 Å². The lowest BCUT2D eigenvalue weighted by atomic mass is 10.2. The highest BCUT2D eigenvalue weighted by molar-refractivity contribution is 5.90. The largest absolute Gasteiger partial charge is 0.493 e. The highest BCUT2D eigenvalue weighted by Gasteiger charge is 2.19. The summed E-state index contributed by atoms with van der Waals surface area (Å²) in [5, 5.41) is 10.1. The van der Waals surface area contributed by atoms with Crippen molar-refractivity contribution in [3.05, 3.63) is 47.7 Å². The Balaban J connectivity index is 1.88. The van der Waals surface area contributed by atoms with Gasteiger partial charge in [-0.05, 0) is 36.4 Å². The second kappa shape index (κ2) is 8.99. The van der Waals surface area contributed by atoms with E-state index in [2.05, 4.69) is 14.7 Å². The monoisotopic (exact) mass is 412 g/mol. The molecule has 0 unspecified atom stereocenters. The quantitative estimate of drug-likeness (QED) is 0.463. The molecule has 0 fully saturated rings. The van der Waals surface area contributed by atoms with Crippen LogP contribution < -0.4 is 14.2 Å². The van der Waals surface area contributed by atoms with Crippen LogP contribution in [0.1, 0.15) is 16.1 Å². The molecule has 9 nitrogen and oxygen atoms in total. The van der Waals surface area contributed by atoms with Gasteiger partial charge in [0.25, 0.3) is 0 Å². The summed E-state index contributed by atoms with van der Waals surface area (Å²) in [6, 6.07) is 9.75. The van der Waals surface area contributed by atoms with Crippen LogP contribution in [0.15, 0.2) is 45.8 Å². The highest BCUT2D eigenvalue weighted by atomic mass is 16.5. The van der Waals surface area contributed by atoms with E-state index in [1.165, 1.54) is 34.7 Å². The smallest absolute Gasteiger partial charge is 0.337 e. The zero-order chi connectivity index (χ0) is 21.7. The summed E-state index contributed by atoms with van der Waals surface area (Å²) in [6.07, 6.45) is 1.35. The molecule has 0 saturated heterocycles. The molecule has 156 valence electrons. The number of aliphatic imine (C=N–C) groups is 1. The summed E-state index contributed by atoms with van der Waals surface area (Å²) in [7, 11) is 5.81. The fraction of sp³-hybridized carbons (Fsp3) is 0.190. The summed E-state index contributed by atoms with van der Waals surface area (Å²) in [5.41, 5.74) is 1.61. The standard InChI is InChI=1S/C21H20N2O7/c1-26-16-9-13(10-17(27-2)18(16)28-3)19-23-15(21(25)30-19)11-22-14-7-5-12(6-8-14)20(24)29-4/h5-11,25H,1-4H3. The van der Waals surface area contributed by atoms with Gasteiger partial charge in [-0.25, -0.2) is 9.78 Å². The van der Waals surface area contributed by atoms with E-state index >= 15 is 0 Å². The second-order valence-corrected chi connectivity index (χ2v) is 5.92. The average molecular weight is 412 g/mol. The van der Waals surface area contributed by atoms with E-state index in [4.69, 9.17) is 18.6 Å². The third-order valence-corrected chi connectivity index (χ3v) is 4.17. The van der Waals surface area contributed by atoms with Crippen molar-refractivity contribution in [2.75, 3.05) is 28.4 Å². The molecule has 0 aliphatic heterocycles. The zero-order valence-electron chi connectivity index (χ0n) is 16.8. The van der Waals surface area contributed by atoms with Crippen LogP contribution in [0, 0.1) is 0 Å². The van der Waals surface area contributed by atoms with Crippen LogP contribution in [-0.2, 0) is 4.74 Å². The summed E-state index contributed by atoms with van der Waals surface area (Å²) in [5.74, 6) is 0.588. The summed E-state index contributed by atoms with van der Waals surface area (Å²) in [4.78, 5) is 20.0. The summed E-state index contributed by atoms with van der Waals surface area (Å²) < 4.78 is 26.0. The molecule has 2 aromatic carbocycles. The van der Waals surface area contributed by atoms with Crippen LogP contribution >= 0.6 is 0 Å². The molecule has 3 rings (SSSR count). The fourth-order valence-electron chi connectivity index (χ4n) is 2.67. The number of aromatic nitrogens is 1. The van der Waals surface area contributed by atoms with Gasteiger partial charge in [-0.15, -0.1) is 0 Å². The van der Waals surface area contributed by atoms with Crippen LogP contribution in [0.5, 0.6) is 23.2 Å². The van der Waals surface area contributed by atoms with Gasteiger partial charge >= 0.3 is 11.9 Å². The molecule has 0 bridgehead atoms.